The third-order valence-electron chi connectivity index (χ3n) is 8.27. The number of carbonyl (C=O) groups is 1. The number of H-pyrrole nitrogens is 1. The number of rotatable bonds is 9. The van der Waals surface area contributed by atoms with Crippen molar-refractivity contribution in [1.29, 1.82) is 0 Å². The highest BCUT2D eigenvalue weighted by atomic mass is 35.5. The number of anilines is 6. The molecule has 14 heteroatoms. The summed E-state index contributed by atoms with van der Waals surface area (Å²) in [5.74, 6) is 0.255. The van der Waals surface area contributed by atoms with Crippen molar-refractivity contribution in [3.63, 3.8) is 0 Å². The van der Waals surface area contributed by atoms with Crippen molar-refractivity contribution in [2.24, 2.45) is 0 Å². The topological polar surface area (TPSA) is 182 Å². The third-order valence-corrected chi connectivity index (χ3v) is 8.45. The molecule has 8 rings (SSSR count). The largest absolute Gasteiger partial charge is 0.481 e. The summed E-state index contributed by atoms with van der Waals surface area (Å²) in [7, 11) is 1.54. The molecule has 0 radical (unpaired) electrons. The first-order valence-electron chi connectivity index (χ1n) is 17.1. The van der Waals surface area contributed by atoms with Gasteiger partial charge >= 0.3 is 0 Å². The normalized spacial score (nSPS) is 10.9. The van der Waals surface area contributed by atoms with E-state index in [1.54, 1.807) is 6.07 Å². The Bertz CT molecular complexity index is 2630. The van der Waals surface area contributed by atoms with E-state index in [1.807, 2.05) is 98.2 Å². The van der Waals surface area contributed by atoms with E-state index in [2.05, 4.69) is 57.8 Å². The molecular weight excluding hydrogens is 702 g/mol. The van der Waals surface area contributed by atoms with Gasteiger partial charge in [-0.05, 0) is 67.9 Å². The van der Waals surface area contributed by atoms with Crippen molar-refractivity contribution < 1.29 is 9.53 Å². The Morgan fingerprint density at radius 2 is 1.52 bits per heavy atom. The fourth-order valence-electron chi connectivity index (χ4n) is 5.86. The van der Waals surface area contributed by atoms with Crippen LogP contribution in [-0.4, -0.2) is 47.9 Å². The number of hydrogen-bond acceptors (Lipinski definition) is 11. The molecule has 0 spiro atoms. The van der Waals surface area contributed by atoms with Gasteiger partial charge in [-0.1, -0.05) is 49.2 Å². The minimum atomic E-state index is -0.167. The number of pyridine rings is 2. The van der Waals surface area contributed by atoms with E-state index in [9.17, 15) is 4.79 Å². The molecule has 5 heterocycles. The predicted octanol–water partition coefficient (Wildman–Crippen LogP) is 8.78. The van der Waals surface area contributed by atoms with Crippen molar-refractivity contribution in [2.45, 2.75) is 26.7 Å². The van der Waals surface area contributed by atoms with Crippen LogP contribution in [0.25, 0.3) is 33.2 Å². The molecule has 0 unspecified atom stereocenters. The van der Waals surface area contributed by atoms with Crippen LogP contribution in [-0.2, 0) is 6.42 Å². The highest BCUT2D eigenvalue weighted by molar-refractivity contribution is 6.29. The summed E-state index contributed by atoms with van der Waals surface area (Å²) >= 11 is 5.86. The first-order chi connectivity index (χ1) is 26.3. The zero-order chi connectivity index (χ0) is 37.6. The molecule has 5 aromatic heterocycles. The molecule has 270 valence electrons. The SMILES string of the molecule is CCCc1cnc2c(Nc3cccc(NC(=O)c4cccc5cc[nH]c45)c3)cc(C)nc2n1.COc1cc(Nc2cccc(N)c2)c2ncc(Cl)nc2n1. The first kappa shape index (κ1) is 35.5. The summed E-state index contributed by atoms with van der Waals surface area (Å²) < 4.78 is 5.18. The van der Waals surface area contributed by atoms with Crippen LogP contribution >= 0.6 is 11.6 Å². The van der Waals surface area contributed by atoms with Crippen LogP contribution in [0.1, 0.15) is 35.1 Å². The maximum atomic E-state index is 12.9. The summed E-state index contributed by atoms with van der Waals surface area (Å²) in [5, 5.41) is 10.9. The number of fused-ring (bicyclic) bond motifs is 3. The Hall–Kier alpha value is -6.86. The lowest BCUT2D eigenvalue weighted by atomic mass is 10.1. The van der Waals surface area contributed by atoms with Gasteiger partial charge in [-0.15, -0.1) is 0 Å². The van der Waals surface area contributed by atoms with Gasteiger partial charge in [0.2, 0.25) is 5.88 Å². The van der Waals surface area contributed by atoms with Gasteiger partial charge in [0.05, 0.1) is 41.5 Å². The van der Waals surface area contributed by atoms with Gasteiger partial charge in [-0.3, -0.25) is 4.79 Å². The van der Waals surface area contributed by atoms with E-state index in [4.69, 9.17) is 22.1 Å². The number of amides is 1. The molecule has 0 saturated heterocycles. The fourth-order valence-corrected chi connectivity index (χ4v) is 5.99. The van der Waals surface area contributed by atoms with Crippen molar-refractivity contribution in [1.82, 2.24) is 34.9 Å². The number of para-hydroxylation sites is 1. The standard InChI is InChI=1S/C26H24N6O.C14H12ClN5O/c1-3-6-20-15-28-24-22(13-16(2)29-25(24)31-20)30-18-8-5-9-19(14-18)32-26(33)21-10-4-7-17-11-12-27-23(17)21;1-21-12-6-10(18-9-4-2-3-8(16)5-9)13-14(20-12)19-11(15)7-17-13/h4-5,7-15,27H,3,6H2,1-2H3,(H,32,33)(H,29,30,31);2-7H,16H2,1H3,(H,18,19,20). The Kier molecular flexibility index (Phi) is 10.4. The van der Waals surface area contributed by atoms with Crippen molar-refractivity contribution in [3.05, 3.63) is 126 Å². The number of nitrogens with zero attached hydrogens (tertiary/aromatic N) is 6. The number of carbonyl (C=O) groups excluding carboxylic acids is 1. The molecule has 0 bridgehead atoms. The number of aryl methyl sites for hydroxylation is 2. The molecular formula is C40H36ClN11O2. The molecule has 0 fully saturated rings. The van der Waals surface area contributed by atoms with E-state index >= 15 is 0 Å². The molecule has 0 aliphatic carbocycles. The summed E-state index contributed by atoms with van der Waals surface area (Å²) in [6.07, 6.45) is 7.00. The van der Waals surface area contributed by atoms with E-state index in [0.717, 1.165) is 52.2 Å². The lowest BCUT2D eigenvalue weighted by Crippen LogP contribution is -2.12. The van der Waals surface area contributed by atoms with Crippen LogP contribution in [0, 0.1) is 6.92 Å². The molecule has 8 aromatic rings. The number of nitrogen functional groups attached to an aromatic ring is 1. The number of nitrogens with one attached hydrogen (secondary N) is 4. The number of ether oxygens (including phenoxy) is 1. The zero-order valence-corrected chi connectivity index (χ0v) is 30.4. The smallest absolute Gasteiger partial charge is 0.257 e. The number of hydrogen-bond donors (Lipinski definition) is 5. The number of halogens is 1. The Labute approximate surface area is 315 Å². The molecule has 0 aliphatic rings. The lowest BCUT2D eigenvalue weighted by Gasteiger charge is -2.12. The van der Waals surface area contributed by atoms with Crippen LogP contribution in [0.5, 0.6) is 5.88 Å². The average molecular weight is 738 g/mol. The summed E-state index contributed by atoms with van der Waals surface area (Å²) in [6.45, 7) is 4.06. The van der Waals surface area contributed by atoms with Crippen molar-refractivity contribution >= 4 is 84.9 Å². The van der Waals surface area contributed by atoms with E-state index in [0.29, 0.717) is 50.8 Å². The molecule has 0 atom stereocenters. The van der Waals surface area contributed by atoms with Crippen molar-refractivity contribution in [2.75, 3.05) is 28.8 Å². The fraction of sp³-hybridized carbons (Fsp3) is 0.125. The summed E-state index contributed by atoms with van der Waals surface area (Å²) in [5.41, 5.74) is 15.9. The maximum Gasteiger partial charge on any atom is 0.257 e. The van der Waals surface area contributed by atoms with Gasteiger partial charge in [-0.25, -0.2) is 24.9 Å². The van der Waals surface area contributed by atoms with Gasteiger partial charge in [0.1, 0.15) is 16.2 Å². The number of benzene rings is 3. The Morgan fingerprint density at radius 3 is 2.30 bits per heavy atom. The number of aromatic amines is 1. The molecule has 54 heavy (non-hydrogen) atoms. The minimum Gasteiger partial charge on any atom is -0.481 e. The predicted molar refractivity (Wildman–Crippen MR) is 215 cm³/mol. The second kappa shape index (κ2) is 15.8. The Balaban J connectivity index is 0.000000184. The number of methoxy groups -OCH3 is 1. The molecule has 6 N–H and O–H groups in total. The zero-order valence-electron chi connectivity index (χ0n) is 29.7. The van der Waals surface area contributed by atoms with E-state index in [-0.39, 0.29) is 11.1 Å². The van der Waals surface area contributed by atoms with Gasteiger partial charge in [0.25, 0.3) is 5.91 Å². The van der Waals surface area contributed by atoms with Gasteiger partial charge in [0, 0.05) is 52.3 Å². The minimum absolute atomic E-state index is 0.167. The van der Waals surface area contributed by atoms with E-state index < -0.39 is 0 Å². The maximum absolute atomic E-state index is 12.9. The molecule has 3 aromatic carbocycles. The van der Waals surface area contributed by atoms with Gasteiger partial charge in [0.15, 0.2) is 11.3 Å². The van der Waals surface area contributed by atoms with Crippen LogP contribution < -0.4 is 26.4 Å². The quantitative estimate of drug-likeness (QED) is 0.0893. The van der Waals surface area contributed by atoms with Crippen LogP contribution in [0.4, 0.5) is 34.1 Å². The Morgan fingerprint density at radius 1 is 0.815 bits per heavy atom. The number of nitrogens with two attached hydrogens (primary N) is 1. The highest BCUT2D eigenvalue weighted by Crippen LogP contribution is 2.29. The van der Waals surface area contributed by atoms with Crippen LogP contribution in [0.15, 0.2) is 104 Å². The van der Waals surface area contributed by atoms with Crippen LogP contribution in [0.2, 0.25) is 5.15 Å². The monoisotopic (exact) mass is 737 g/mol. The molecule has 0 saturated carbocycles. The first-order valence-corrected chi connectivity index (χ1v) is 17.5. The number of aromatic nitrogens is 7. The molecule has 0 aliphatic heterocycles. The summed E-state index contributed by atoms with van der Waals surface area (Å²) in [4.78, 5) is 42.5. The average Bonchev–Trinajstić information content (AvgIpc) is 3.64. The summed E-state index contributed by atoms with van der Waals surface area (Å²) in [6, 6.07) is 26.3. The highest BCUT2D eigenvalue weighted by Gasteiger charge is 2.13. The van der Waals surface area contributed by atoms with Gasteiger partial charge in [-0.2, -0.15) is 4.98 Å². The van der Waals surface area contributed by atoms with Crippen LogP contribution in [0.3, 0.4) is 0 Å². The second-order valence-corrected chi connectivity index (χ2v) is 12.7. The van der Waals surface area contributed by atoms with E-state index in [1.165, 1.54) is 13.3 Å². The van der Waals surface area contributed by atoms with Crippen molar-refractivity contribution in [3.8, 4) is 5.88 Å². The second-order valence-electron chi connectivity index (χ2n) is 12.3. The molecule has 1 amide bonds. The lowest BCUT2D eigenvalue weighted by molar-refractivity contribution is 0.102. The van der Waals surface area contributed by atoms with Gasteiger partial charge < -0.3 is 31.4 Å². The molecule has 13 nitrogen and oxygen atoms in total. The third kappa shape index (κ3) is 8.11.